The van der Waals surface area contributed by atoms with Crippen molar-refractivity contribution in [3.8, 4) is 0 Å². The first-order valence-electron chi connectivity index (χ1n) is 9.98. The van der Waals surface area contributed by atoms with Crippen LogP contribution in [0.2, 0.25) is 18.1 Å². The number of aliphatic hydroxyl groups is 1. The van der Waals surface area contributed by atoms with Gasteiger partial charge in [0.2, 0.25) is 0 Å². The molecule has 1 heterocycles. The first-order chi connectivity index (χ1) is 12.7. The van der Waals surface area contributed by atoms with Crippen LogP contribution in [0.5, 0.6) is 0 Å². The summed E-state index contributed by atoms with van der Waals surface area (Å²) in [5, 5.41) is 10.6. The van der Waals surface area contributed by atoms with Gasteiger partial charge in [-0.25, -0.2) is 4.79 Å². The molecule has 1 amide bonds. The molecule has 7 nitrogen and oxygen atoms in total. The summed E-state index contributed by atoms with van der Waals surface area (Å²) in [6.07, 6.45) is 0.947. The number of nitrogens with zero attached hydrogens (tertiary/aromatic N) is 1. The number of nitrogens with one attached hydrogen (secondary N) is 1. The Bertz CT molecular complexity index is 528. The zero-order chi connectivity index (χ0) is 21.8. The zero-order valence-corrected chi connectivity index (χ0v) is 19.9. The minimum absolute atomic E-state index is 0.0691. The van der Waals surface area contributed by atoms with Crippen molar-refractivity contribution in [2.24, 2.45) is 0 Å². The molecule has 1 saturated heterocycles. The molecule has 1 rings (SSSR count). The molecule has 8 heteroatoms. The lowest BCUT2D eigenvalue weighted by molar-refractivity contribution is -0.0690. The molecule has 1 fully saturated rings. The fraction of sp³-hybridized carbons (Fsp3) is 0.850. The standard InChI is InChI=1S/C20H40N2O5Si/c1-10-11-25-21-16-13-22(18(24)27-19(2,3)4)15(12-17(16)23)14-26-28(8,9)20(5,6)7/h10,15-17,21,23H,1,11-14H2,2-9H3/t15-,16-,17-/m0/s1. The van der Waals surface area contributed by atoms with E-state index in [4.69, 9.17) is 14.0 Å². The van der Waals surface area contributed by atoms with E-state index in [9.17, 15) is 9.90 Å². The van der Waals surface area contributed by atoms with Gasteiger partial charge in [-0.15, -0.1) is 6.58 Å². The number of hydrogen-bond acceptors (Lipinski definition) is 6. The first-order valence-corrected chi connectivity index (χ1v) is 12.9. The van der Waals surface area contributed by atoms with Crippen LogP contribution in [0.25, 0.3) is 0 Å². The highest BCUT2D eigenvalue weighted by Gasteiger charge is 2.42. The molecule has 3 atom stereocenters. The van der Waals surface area contributed by atoms with Crippen LogP contribution in [0.15, 0.2) is 12.7 Å². The SMILES string of the molecule is C=CCON[C@H]1CN(C(=O)OC(C)(C)C)[C@H](CO[Si](C)(C)C(C)(C)C)C[C@@H]1O. The van der Waals surface area contributed by atoms with Gasteiger partial charge in [0.1, 0.15) is 5.60 Å². The van der Waals surface area contributed by atoms with E-state index >= 15 is 0 Å². The number of amides is 1. The third-order valence-electron chi connectivity index (χ3n) is 5.32. The minimum atomic E-state index is -1.98. The maximum Gasteiger partial charge on any atom is 0.410 e. The van der Waals surface area contributed by atoms with E-state index in [2.05, 4.69) is 45.9 Å². The molecular weight excluding hydrogens is 376 g/mol. The van der Waals surface area contributed by atoms with Crippen molar-refractivity contribution in [1.29, 1.82) is 0 Å². The Balaban J connectivity index is 2.91. The largest absolute Gasteiger partial charge is 0.444 e. The van der Waals surface area contributed by atoms with Gasteiger partial charge in [0, 0.05) is 6.54 Å². The molecule has 0 unspecified atom stereocenters. The summed E-state index contributed by atoms with van der Waals surface area (Å²) >= 11 is 0. The van der Waals surface area contributed by atoms with Crippen molar-refractivity contribution in [2.75, 3.05) is 19.8 Å². The molecule has 0 saturated carbocycles. The fourth-order valence-electron chi connectivity index (χ4n) is 2.61. The number of aliphatic hydroxyl groups excluding tert-OH is 1. The van der Waals surface area contributed by atoms with Crippen LogP contribution in [0, 0.1) is 0 Å². The second-order valence-corrected chi connectivity index (χ2v) is 14.8. The van der Waals surface area contributed by atoms with E-state index in [1.54, 1.807) is 11.0 Å². The zero-order valence-electron chi connectivity index (χ0n) is 18.9. The third-order valence-corrected chi connectivity index (χ3v) is 9.82. The Morgan fingerprint density at radius 1 is 1.29 bits per heavy atom. The Morgan fingerprint density at radius 3 is 2.39 bits per heavy atom. The average Bonchev–Trinajstić information content (AvgIpc) is 2.52. The predicted molar refractivity (Wildman–Crippen MR) is 114 cm³/mol. The van der Waals surface area contributed by atoms with E-state index in [-0.39, 0.29) is 17.6 Å². The van der Waals surface area contributed by atoms with E-state index in [1.165, 1.54) is 0 Å². The van der Waals surface area contributed by atoms with Crippen molar-refractivity contribution in [2.45, 2.75) is 89.9 Å². The van der Waals surface area contributed by atoms with Crippen LogP contribution in [0.3, 0.4) is 0 Å². The second-order valence-electron chi connectivity index (χ2n) is 9.98. The van der Waals surface area contributed by atoms with Gasteiger partial charge in [0.15, 0.2) is 8.32 Å². The van der Waals surface area contributed by atoms with Crippen molar-refractivity contribution in [3.63, 3.8) is 0 Å². The summed E-state index contributed by atoms with van der Waals surface area (Å²) < 4.78 is 11.9. The quantitative estimate of drug-likeness (QED) is 0.286. The van der Waals surface area contributed by atoms with Crippen molar-refractivity contribution >= 4 is 14.4 Å². The molecule has 0 aliphatic carbocycles. The van der Waals surface area contributed by atoms with Crippen LogP contribution in [-0.4, -0.2) is 68.0 Å². The topological polar surface area (TPSA) is 80.3 Å². The summed E-state index contributed by atoms with van der Waals surface area (Å²) in [7, 11) is -1.98. The molecule has 2 N–H and O–H groups in total. The summed E-state index contributed by atoms with van der Waals surface area (Å²) in [6.45, 7) is 21.0. The van der Waals surface area contributed by atoms with Crippen LogP contribution in [0.4, 0.5) is 4.79 Å². The molecule has 0 aromatic heterocycles. The highest BCUT2D eigenvalue weighted by Crippen LogP contribution is 2.37. The predicted octanol–water partition coefficient (Wildman–Crippen LogP) is 3.45. The second kappa shape index (κ2) is 9.71. The summed E-state index contributed by atoms with van der Waals surface area (Å²) in [4.78, 5) is 19.8. The molecule has 0 spiro atoms. The number of carbonyl (C=O) groups excluding carboxylic acids is 1. The lowest BCUT2D eigenvalue weighted by Crippen LogP contribution is -2.61. The fourth-order valence-corrected chi connectivity index (χ4v) is 3.65. The van der Waals surface area contributed by atoms with Crippen molar-refractivity contribution in [3.05, 3.63) is 12.7 Å². The number of hydroxylamine groups is 1. The first kappa shape index (κ1) is 25.1. The van der Waals surface area contributed by atoms with E-state index < -0.39 is 32.2 Å². The molecule has 0 aromatic rings. The monoisotopic (exact) mass is 416 g/mol. The molecule has 1 aliphatic heterocycles. The number of ether oxygens (including phenoxy) is 1. The van der Waals surface area contributed by atoms with Crippen LogP contribution >= 0.6 is 0 Å². The van der Waals surface area contributed by atoms with Crippen molar-refractivity contribution < 1.29 is 23.9 Å². The van der Waals surface area contributed by atoms with Gasteiger partial charge in [-0.1, -0.05) is 26.8 Å². The number of carbonyl (C=O) groups is 1. The number of likely N-dealkylation sites (tertiary alicyclic amines) is 1. The Kier molecular flexibility index (Phi) is 8.71. The highest BCUT2D eigenvalue weighted by molar-refractivity contribution is 6.74. The van der Waals surface area contributed by atoms with Gasteiger partial charge in [0.25, 0.3) is 0 Å². The Morgan fingerprint density at radius 2 is 1.89 bits per heavy atom. The van der Waals surface area contributed by atoms with Crippen LogP contribution in [0.1, 0.15) is 48.0 Å². The Hall–Kier alpha value is -0.933. The van der Waals surface area contributed by atoms with Gasteiger partial charge < -0.3 is 19.2 Å². The normalized spacial score (nSPS) is 24.2. The van der Waals surface area contributed by atoms with Crippen molar-refractivity contribution in [1.82, 2.24) is 10.4 Å². The molecule has 164 valence electrons. The third kappa shape index (κ3) is 7.48. The van der Waals surface area contributed by atoms with Crippen LogP contribution < -0.4 is 5.48 Å². The number of rotatable bonds is 7. The molecule has 0 bridgehead atoms. The molecular formula is C20H40N2O5Si. The summed E-state index contributed by atoms with van der Waals surface area (Å²) in [5.74, 6) is 0. The molecule has 28 heavy (non-hydrogen) atoms. The van der Waals surface area contributed by atoms with Gasteiger partial charge in [-0.05, 0) is 45.3 Å². The average molecular weight is 417 g/mol. The summed E-state index contributed by atoms with van der Waals surface area (Å²) in [6, 6.07) is -0.659. The number of hydrogen-bond donors (Lipinski definition) is 2. The maximum absolute atomic E-state index is 12.8. The van der Waals surface area contributed by atoms with Crippen LogP contribution in [-0.2, 0) is 14.0 Å². The molecule has 0 aromatic carbocycles. The molecule has 0 radical (unpaired) electrons. The molecule has 1 aliphatic rings. The van der Waals surface area contributed by atoms with Gasteiger partial charge in [-0.3, -0.25) is 4.84 Å². The minimum Gasteiger partial charge on any atom is -0.444 e. The van der Waals surface area contributed by atoms with Gasteiger partial charge in [0.05, 0.1) is 31.4 Å². The van der Waals surface area contributed by atoms with E-state index in [1.807, 2.05) is 20.8 Å². The van der Waals surface area contributed by atoms with Gasteiger partial charge in [-0.2, -0.15) is 5.48 Å². The summed E-state index contributed by atoms with van der Waals surface area (Å²) in [5.41, 5.74) is 2.24. The lowest BCUT2D eigenvalue weighted by Gasteiger charge is -2.44. The number of piperidine rings is 1. The highest BCUT2D eigenvalue weighted by atomic mass is 28.4. The Labute approximate surface area is 171 Å². The van der Waals surface area contributed by atoms with E-state index in [0.29, 0.717) is 19.6 Å². The maximum atomic E-state index is 12.8. The smallest absolute Gasteiger partial charge is 0.410 e. The van der Waals surface area contributed by atoms with E-state index in [0.717, 1.165) is 0 Å². The lowest BCUT2D eigenvalue weighted by atomic mass is 9.96. The van der Waals surface area contributed by atoms with Gasteiger partial charge >= 0.3 is 6.09 Å².